The molecule has 0 radical (unpaired) electrons. The Labute approximate surface area is 170 Å². The van der Waals surface area contributed by atoms with Gasteiger partial charge in [0.15, 0.2) is 0 Å². The van der Waals surface area contributed by atoms with Gasteiger partial charge in [-0.3, -0.25) is 9.59 Å². The first-order valence-corrected chi connectivity index (χ1v) is 9.78. The highest BCUT2D eigenvalue weighted by molar-refractivity contribution is 5.76. The largest absolute Gasteiger partial charge is 0.331 e. The molecule has 1 fully saturated rings. The predicted molar refractivity (Wildman–Crippen MR) is 112 cm³/mol. The lowest BCUT2D eigenvalue weighted by Gasteiger charge is -2.40. The number of aromatic nitrogens is 2. The van der Waals surface area contributed by atoms with Crippen molar-refractivity contribution in [3.8, 4) is 11.3 Å². The maximum absolute atomic E-state index is 13.2. The van der Waals surface area contributed by atoms with Gasteiger partial charge in [-0.1, -0.05) is 60.7 Å². The number of likely N-dealkylation sites (N-methyl/N-ethyl adjacent to an activating group) is 1. The molecule has 0 saturated carbocycles. The minimum atomic E-state index is -0.275. The summed E-state index contributed by atoms with van der Waals surface area (Å²) in [7, 11) is 2.06. The summed E-state index contributed by atoms with van der Waals surface area (Å²) < 4.78 is 1.27. The number of hydrogen-bond donors (Lipinski definition) is 0. The number of amides is 1. The maximum Gasteiger partial charge on any atom is 0.267 e. The normalized spacial score (nSPS) is 17.3. The monoisotopic (exact) mass is 388 g/mol. The Kier molecular flexibility index (Phi) is 5.53. The lowest BCUT2D eigenvalue weighted by molar-refractivity contribution is -0.137. The molecule has 1 saturated heterocycles. The molecule has 148 valence electrons. The van der Waals surface area contributed by atoms with Gasteiger partial charge in [-0.15, -0.1) is 0 Å². The van der Waals surface area contributed by atoms with Crippen LogP contribution in [0.25, 0.3) is 11.3 Å². The second kappa shape index (κ2) is 8.41. The maximum atomic E-state index is 13.2. The SMILES string of the molecule is CN1CCN(C(=O)Cn2nc(-c3ccccc3)ccc2=O)C(c2ccccc2)C1. The Hall–Kier alpha value is -3.25. The Morgan fingerprint density at radius 1 is 0.966 bits per heavy atom. The Morgan fingerprint density at radius 3 is 2.38 bits per heavy atom. The first kappa shape index (κ1) is 19.1. The summed E-state index contributed by atoms with van der Waals surface area (Å²) in [6.07, 6.45) is 0. The lowest BCUT2D eigenvalue weighted by Crippen LogP contribution is -2.50. The molecule has 0 bridgehead atoms. The zero-order chi connectivity index (χ0) is 20.2. The summed E-state index contributed by atoms with van der Waals surface area (Å²) in [6, 6.07) is 22.8. The summed E-state index contributed by atoms with van der Waals surface area (Å²) in [5, 5.41) is 4.44. The van der Waals surface area contributed by atoms with Crippen LogP contribution in [0.1, 0.15) is 11.6 Å². The van der Waals surface area contributed by atoms with Gasteiger partial charge >= 0.3 is 0 Å². The zero-order valence-corrected chi connectivity index (χ0v) is 16.4. The molecule has 2 aromatic carbocycles. The fourth-order valence-electron chi connectivity index (χ4n) is 3.72. The van der Waals surface area contributed by atoms with Crippen molar-refractivity contribution < 1.29 is 4.79 Å². The minimum Gasteiger partial charge on any atom is -0.331 e. The summed E-state index contributed by atoms with van der Waals surface area (Å²) in [4.78, 5) is 29.6. The molecular formula is C23H24N4O2. The van der Waals surface area contributed by atoms with E-state index in [-0.39, 0.29) is 24.1 Å². The summed E-state index contributed by atoms with van der Waals surface area (Å²) in [5.41, 5.74) is 2.42. The highest BCUT2D eigenvalue weighted by Gasteiger charge is 2.30. The van der Waals surface area contributed by atoms with E-state index in [1.807, 2.05) is 65.6 Å². The molecule has 1 aromatic heterocycles. The third kappa shape index (κ3) is 4.27. The van der Waals surface area contributed by atoms with Crippen LogP contribution in [0, 0.1) is 0 Å². The number of rotatable bonds is 4. The number of piperazine rings is 1. The summed E-state index contributed by atoms with van der Waals surface area (Å²) in [5.74, 6) is -0.0910. The lowest BCUT2D eigenvalue weighted by atomic mass is 10.0. The molecule has 1 aliphatic heterocycles. The first-order valence-electron chi connectivity index (χ1n) is 9.78. The van der Waals surface area contributed by atoms with Gasteiger partial charge in [0.05, 0.1) is 11.7 Å². The van der Waals surface area contributed by atoms with E-state index in [0.717, 1.165) is 24.2 Å². The molecule has 0 aliphatic carbocycles. The average molecular weight is 388 g/mol. The standard InChI is InChI=1S/C23H24N4O2/c1-25-14-15-26(21(16-25)19-10-6-3-7-11-19)23(29)17-27-22(28)13-12-20(24-27)18-8-4-2-5-9-18/h2-13,21H,14-17H2,1H3. The van der Waals surface area contributed by atoms with Crippen LogP contribution in [0.4, 0.5) is 0 Å². The van der Waals surface area contributed by atoms with Crippen LogP contribution < -0.4 is 5.56 Å². The van der Waals surface area contributed by atoms with Gasteiger partial charge in [-0.05, 0) is 18.7 Å². The zero-order valence-electron chi connectivity index (χ0n) is 16.4. The van der Waals surface area contributed by atoms with Crippen molar-refractivity contribution >= 4 is 5.91 Å². The van der Waals surface area contributed by atoms with Crippen LogP contribution in [0.5, 0.6) is 0 Å². The van der Waals surface area contributed by atoms with Crippen LogP contribution in [-0.4, -0.2) is 52.2 Å². The molecule has 4 rings (SSSR count). The van der Waals surface area contributed by atoms with E-state index in [4.69, 9.17) is 0 Å². The van der Waals surface area contributed by atoms with E-state index in [9.17, 15) is 9.59 Å². The molecule has 1 atom stereocenters. The molecule has 3 aromatic rings. The average Bonchev–Trinajstić information content (AvgIpc) is 2.76. The predicted octanol–water partition coefficient (Wildman–Crippen LogP) is 2.43. The van der Waals surface area contributed by atoms with Crippen LogP contribution in [0.3, 0.4) is 0 Å². The summed E-state index contributed by atoms with van der Waals surface area (Å²) in [6.45, 7) is 2.14. The number of carbonyl (C=O) groups excluding carboxylic acids is 1. The smallest absolute Gasteiger partial charge is 0.267 e. The minimum absolute atomic E-state index is 0.0320. The van der Waals surface area contributed by atoms with Crippen LogP contribution in [0.2, 0.25) is 0 Å². The summed E-state index contributed by atoms with van der Waals surface area (Å²) >= 11 is 0. The van der Waals surface area contributed by atoms with E-state index in [1.54, 1.807) is 6.07 Å². The molecule has 2 heterocycles. The molecule has 1 amide bonds. The van der Waals surface area contributed by atoms with E-state index in [0.29, 0.717) is 12.2 Å². The topological polar surface area (TPSA) is 58.4 Å². The molecule has 6 nitrogen and oxygen atoms in total. The Morgan fingerprint density at radius 2 is 1.66 bits per heavy atom. The van der Waals surface area contributed by atoms with Gasteiger partial charge < -0.3 is 9.80 Å². The van der Waals surface area contributed by atoms with Gasteiger partial charge in [0.25, 0.3) is 5.56 Å². The second-order valence-electron chi connectivity index (χ2n) is 7.36. The highest BCUT2D eigenvalue weighted by atomic mass is 16.2. The van der Waals surface area contributed by atoms with Gasteiger partial charge in [-0.25, -0.2) is 4.68 Å². The molecule has 29 heavy (non-hydrogen) atoms. The van der Waals surface area contributed by atoms with Crippen LogP contribution >= 0.6 is 0 Å². The fraction of sp³-hybridized carbons (Fsp3) is 0.261. The van der Waals surface area contributed by atoms with Crippen molar-refractivity contribution in [2.24, 2.45) is 0 Å². The second-order valence-corrected chi connectivity index (χ2v) is 7.36. The third-order valence-corrected chi connectivity index (χ3v) is 5.31. The molecule has 1 unspecified atom stereocenters. The van der Waals surface area contributed by atoms with Gasteiger partial charge in [0.2, 0.25) is 5.91 Å². The third-order valence-electron chi connectivity index (χ3n) is 5.31. The first-order chi connectivity index (χ1) is 14.1. The quantitative estimate of drug-likeness (QED) is 0.689. The Bertz CT molecular complexity index is 1030. The Balaban J connectivity index is 1.59. The number of carbonyl (C=O) groups is 1. The van der Waals surface area contributed by atoms with Crippen molar-refractivity contribution in [3.63, 3.8) is 0 Å². The van der Waals surface area contributed by atoms with Gasteiger partial charge in [-0.2, -0.15) is 5.10 Å². The van der Waals surface area contributed by atoms with E-state index >= 15 is 0 Å². The van der Waals surface area contributed by atoms with E-state index < -0.39 is 0 Å². The highest BCUT2D eigenvalue weighted by Crippen LogP contribution is 2.25. The van der Waals surface area contributed by atoms with E-state index in [2.05, 4.69) is 17.0 Å². The number of hydrogen-bond acceptors (Lipinski definition) is 4. The number of benzene rings is 2. The molecule has 6 heteroatoms. The van der Waals surface area contributed by atoms with Gasteiger partial charge in [0, 0.05) is 31.3 Å². The molecular weight excluding hydrogens is 364 g/mol. The van der Waals surface area contributed by atoms with Crippen LogP contribution in [0.15, 0.2) is 77.6 Å². The fourth-order valence-corrected chi connectivity index (χ4v) is 3.72. The van der Waals surface area contributed by atoms with Crippen molar-refractivity contribution in [1.82, 2.24) is 19.6 Å². The van der Waals surface area contributed by atoms with Gasteiger partial charge in [0.1, 0.15) is 6.54 Å². The van der Waals surface area contributed by atoms with Crippen molar-refractivity contribution in [1.29, 1.82) is 0 Å². The van der Waals surface area contributed by atoms with Crippen molar-refractivity contribution in [2.75, 3.05) is 26.7 Å². The molecule has 0 spiro atoms. The van der Waals surface area contributed by atoms with Crippen molar-refractivity contribution in [3.05, 3.63) is 88.7 Å². The van der Waals surface area contributed by atoms with E-state index in [1.165, 1.54) is 10.7 Å². The van der Waals surface area contributed by atoms with Crippen molar-refractivity contribution in [2.45, 2.75) is 12.6 Å². The molecule has 0 N–H and O–H groups in total. The number of nitrogens with zero attached hydrogens (tertiary/aromatic N) is 4. The molecule has 1 aliphatic rings. The van der Waals surface area contributed by atoms with Crippen LogP contribution in [-0.2, 0) is 11.3 Å².